The first-order chi connectivity index (χ1) is 9.00. The van der Waals surface area contributed by atoms with Crippen molar-refractivity contribution >= 4 is 17.3 Å². The topological polar surface area (TPSA) is 55.1 Å². The van der Waals surface area contributed by atoms with Crippen molar-refractivity contribution in [2.45, 2.75) is 6.92 Å². The Morgan fingerprint density at radius 1 is 1.11 bits per heavy atom. The third kappa shape index (κ3) is 2.54. The lowest BCUT2D eigenvalue weighted by Gasteiger charge is -2.10. The largest absolute Gasteiger partial charge is 0.398 e. The van der Waals surface area contributed by atoms with E-state index in [1.54, 1.807) is 25.1 Å². The molecule has 2 aromatic carbocycles. The number of carbonyl (C=O) groups excluding carboxylic acids is 1. The molecule has 98 valence electrons. The third-order valence-electron chi connectivity index (χ3n) is 2.82. The first-order valence-corrected chi connectivity index (χ1v) is 5.61. The lowest BCUT2D eigenvalue weighted by Crippen LogP contribution is -2.16. The average Bonchev–Trinajstić information content (AvgIpc) is 2.37. The van der Waals surface area contributed by atoms with E-state index >= 15 is 0 Å². The van der Waals surface area contributed by atoms with Gasteiger partial charge in [0.2, 0.25) is 0 Å². The van der Waals surface area contributed by atoms with Gasteiger partial charge in [0.25, 0.3) is 5.91 Å². The molecule has 0 unspecified atom stereocenters. The van der Waals surface area contributed by atoms with Crippen LogP contribution in [0.25, 0.3) is 0 Å². The van der Waals surface area contributed by atoms with Gasteiger partial charge < -0.3 is 11.1 Å². The standard InChI is InChI=1S/C14H12F2N2O/c1-8-9(4-2-7-12(8)17)14(19)18-13-10(15)5-3-6-11(13)16/h2-7H,17H2,1H3,(H,18,19). The second kappa shape index (κ2) is 5.06. The van der Waals surface area contributed by atoms with E-state index in [-0.39, 0.29) is 5.56 Å². The summed E-state index contributed by atoms with van der Waals surface area (Å²) in [6, 6.07) is 8.17. The molecule has 0 fully saturated rings. The number of hydrogen-bond donors (Lipinski definition) is 2. The molecule has 0 bridgehead atoms. The van der Waals surface area contributed by atoms with Gasteiger partial charge >= 0.3 is 0 Å². The number of nitrogen functional groups attached to an aromatic ring is 1. The predicted molar refractivity (Wildman–Crippen MR) is 69.9 cm³/mol. The number of benzene rings is 2. The van der Waals surface area contributed by atoms with Crippen molar-refractivity contribution in [2.24, 2.45) is 0 Å². The molecule has 0 aliphatic rings. The molecule has 0 spiro atoms. The first-order valence-electron chi connectivity index (χ1n) is 5.61. The predicted octanol–water partition coefficient (Wildman–Crippen LogP) is 3.11. The lowest BCUT2D eigenvalue weighted by atomic mass is 10.1. The van der Waals surface area contributed by atoms with Crippen molar-refractivity contribution in [1.29, 1.82) is 0 Å². The van der Waals surface area contributed by atoms with Crippen LogP contribution in [-0.2, 0) is 0 Å². The van der Waals surface area contributed by atoms with Crippen LogP contribution in [0.15, 0.2) is 36.4 Å². The van der Waals surface area contributed by atoms with Crippen molar-refractivity contribution in [3.63, 3.8) is 0 Å². The molecule has 3 nitrogen and oxygen atoms in total. The van der Waals surface area contributed by atoms with E-state index in [0.29, 0.717) is 11.3 Å². The number of rotatable bonds is 2. The number of halogens is 2. The molecule has 5 heteroatoms. The fourth-order valence-corrected chi connectivity index (χ4v) is 1.70. The van der Waals surface area contributed by atoms with Crippen molar-refractivity contribution in [2.75, 3.05) is 11.1 Å². The minimum atomic E-state index is -0.824. The Morgan fingerprint density at radius 3 is 2.32 bits per heavy atom. The molecule has 0 saturated heterocycles. The van der Waals surface area contributed by atoms with Gasteiger partial charge in [-0.2, -0.15) is 0 Å². The smallest absolute Gasteiger partial charge is 0.256 e. The molecule has 0 aliphatic carbocycles. The molecule has 2 aromatic rings. The zero-order chi connectivity index (χ0) is 14.0. The molecule has 0 radical (unpaired) electrons. The summed E-state index contributed by atoms with van der Waals surface area (Å²) >= 11 is 0. The Kier molecular flexibility index (Phi) is 3.46. The highest BCUT2D eigenvalue weighted by Crippen LogP contribution is 2.21. The molecule has 0 heterocycles. The Balaban J connectivity index is 2.34. The summed E-state index contributed by atoms with van der Waals surface area (Å²) in [5, 5.41) is 2.22. The third-order valence-corrected chi connectivity index (χ3v) is 2.82. The maximum Gasteiger partial charge on any atom is 0.256 e. The fourth-order valence-electron chi connectivity index (χ4n) is 1.70. The van der Waals surface area contributed by atoms with Crippen LogP contribution in [0.3, 0.4) is 0 Å². The van der Waals surface area contributed by atoms with Gasteiger partial charge in [-0.25, -0.2) is 8.78 Å². The SMILES string of the molecule is Cc1c(N)cccc1C(=O)Nc1c(F)cccc1F. The van der Waals surface area contributed by atoms with Crippen molar-refractivity contribution in [3.05, 3.63) is 59.2 Å². The van der Waals surface area contributed by atoms with Gasteiger partial charge in [-0.1, -0.05) is 12.1 Å². The van der Waals surface area contributed by atoms with E-state index in [9.17, 15) is 13.6 Å². The Hall–Kier alpha value is -2.43. The van der Waals surface area contributed by atoms with Crippen LogP contribution in [0.2, 0.25) is 0 Å². The fraction of sp³-hybridized carbons (Fsp3) is 0.0714. The molecule has 2 rings (SSSR count). The zero-order valence-corrected chi connectivity index (χ0v) is 10.2. The van der Waals surface area contributed by atoms with Crippen LogP contribution in [-0.4, -0.2) is 5.91 Å². The molecule has 1 amide bonds. The van der Waals surface area contributed by atoms with Gasteiger partial charge in [0.15, 0.2) is 0 Å². The maximum absolute atomic E-state index is 13.4. The Labute approximate surface area is 109 Å². The minimum absolute atomic E-state index is 0.280. The number of hydrogen-bond acceptors (Lipinski definition) is 2. The Bertz CT molecular complexity index is 621. The molecule has 0 atom stereocenters. The van der Waals surface area contributed by atoms with Crippen LogP contribution in [0.4, 0.5) is 20.2 Å². The van der Waals surface area contributed by atoms with Gasteiger partial charge in [0.05, 0.1) is 0 Å². The molecule has 3 N–H and O–H groups in total. The lowest BCUT2D eigenvalue weighted by molar-refractivity contribution is 0.102. The minimum Gasteiger partial charge on any atom is -0.398 e. The molecule has 19 heavy (non-hydrogen) atoms. The summed E-state index contributed by atoms with van der Waals surface area (Å²) in [5.74, 6) is -2.25. The van der Waals surface area contributed by atoms with Crippen molar-refractivity contribution in [1.82, 2.24) is 0 Å². The zero-order valence-electron chi connectivity index (χ0n) is 10.2. The van der Waals surface area contributed by atoms with Crippen LogP contribution in [0.1, 0.15) is 15.9 Å². The molecule has 0 saturated carbocycles. The number of para-hydroxylation sites is 1. The van der Waals surface area contributed by atoms with Crippen molar-refractivity contribution in [3.8, 4) is 0 Å². The van der Waals surface area contributed by atoms with E-state index in [1.165, 1.54) is 6.07 Å². The summed E-state index contributed by atoms with van der Waals surface area (Å²) in [4.78, 5) is 12.0. The number of amides is 1. The quantitative estimate of drug-likeness (QED) is 0.817. The molecule has 0 aliphatic heterocycles. The van der Waals surface area contributed by atoms with E-state index < -0.39 is 23.2 Å². The van der Waals surface area contributed by atoms with Crippen LogP contribution in [0, 0.1) is 18.6 Å². The second-order valence-electron chi connectivity index (χ2n) is 4.07. The van der Waals surface area contributed by atoms with Crippen LogP contribution >= 0.6 is 0 Å². The molecular weight excluding hydrogens is 250 g/mol. The highest BCUT2D eigenvalue weighted by Gasteiger charge is 2.15. The second-order valence-corrected chi connectivity index (χ2v) is 4.07. The number of carbonyl (C=O) groups is 1. The average molecular weight is 262 g/mol. The van der Waals surface area contributed by atoms with E-state index in [4.69, 9.17) is 5.73 Å². The Morgan fingerprint density at radius 2 is 1.68 bits per heavy atom. The van der Waals surface area contributed by atoms with Crippen molar-refractivity contribution < 1.29 is 13.6 Å². The summed E-state index contributed by atoms with van der Waals surface area (Å²) < 4.78 is 26.9. The number of nitrogens with one attached hydrogen (secondary N) is 1. The molecular formula is C14H12F2N2O. The number of anilines is 2. The molecule has 0 aromatic heterocycles. The van der Waals surface area contributed by atoms with Gasteiger partial charge in [0, 0.05) is 11.3 Å². The van der Waals surface area contributed by atoms with Crippen LogP contribution < -0.4 is 11.1 Å². The summed E-state index contributed by atoms with van der Waals surface area (Å²) in [5.41, 5.74) is 6.51. The van der Waals surface area contributed by atoms with Gasteiger partial charge in [-0.05, 0) is 36.8 Å². The highest BCUT2D eigenvalue weighted by molar-refractivity contribution is 6.06. The summed E-state index contributed by atoms with van der Waals surface area (Å²) in [6.45, 7) is 1.67. The van der Waals surface area contributed by atoms with Crippen LogP contribution in [0.5, 0.6) is 0 Å². The first kappa shape index (κ1) is 13.0. The van der Waals surface area contributed by atoms with Gasteiger partial charge in [-0.3, -0.25) is 4.79 Å². The van der Waals surface area contributed by atoms with E-state index in [1.807, 2.05) is 0 Å². The van der Waals surface area contributed by atoms with E-state index in [0.717, 1.165) is 12.1 Å². The monoisotopic (exact) mass is 262 g/mol. The van der Waals surface area contributed by atoms with E-state index in [2.05, 4.69) is 5.32 Å². The summed E-state index contributed by atoms with van der Waals surface area (Å²) in [7, 11) is 0. The normalized spacial score (nSPS) is 10.3. The summed E-state index contributed by atoms with van der Waals surface area (Å²) in [6.07, 6.45) is 0. The number of nitrogens with two attached hydrogens (primary N) is 1. The van der Waals surface area contributed by atoms with Gasteiger partial charge in [-0.15, -0.1) is 0 Å². The highest BCUT2D eigenvalue weighted by atomic mass is 19.1. The maximum atomic E-state index is 13.4. The van der Waals surface area contributed by atoms with Gasteiger partial charge in [0.1, 0.15) is 17.3 Å².